The van der Waals surface area contributed by atoms with Crippen LogP contribution in [-0.4, -0.2) is 61.0 Å². The van der Waals surface area contributed by atoms with Crippen molar-refractivity contribution >= 4 is 5.91 Å². The Bertz CT molecular complexity index is 368. The average molecular weight is 277 g/mol. The molecular weight excluding hydrogens is 250 g/mol. The molecule has 0 aromatic heterocycles. The lowest BCUT2D eigenvalue weighted by molar-refractivity contribution is -0.132. The number of amides is 1. The molecule has 0 radical (unpaired) electrons. The predicted molar refractivity (Wildman–Crippen MR) is 78.4 cm³/mol. The molecule has 2 heterocycles. The standard InChI is InChI=1S/C16H27N3O/c20-16(15-13-3-1-2-4-14(13)15)19-8-5-12(11-19)18-9-6-17-7-10-18/h12-15,17H,1-11H2. The first-order chi connectivity index (χ1) is 9.84. The van der Waals surface area contributed by atoms with Gasteiger partial charge in [-0.25, -0.2) is 0 Å². The Hall–Kier alpha value is -0.610. The van der Waals surface area contributed by atoms with E-state index in [1.54, 1.807) is 0 Å². The number of carbonyl (C=O) groups is 1. The van der Waals surface area contributed by atoms with Crippen LogP contribution in [0.25, 0.3) is 0 Å². The maximum atomic E-state index is 12.7. The van der Waals surface area contributed by atoms with E-state index in [-0.39, 0.29) is 0 Å². The number of rotatable bonds is 2. The number of carbonyl (C=O) groups excluding carboxylic acids is 1. The third kappa shape index (κ3) is 2.27. The first-order valence-corrected chi connectivity index (χ1v) is 8.58. The van der Waals surface area contributed by atoms with Crippen molar-refractivity contribution in [2.24, 2.45) is 17.8 Å². The summed E-state index contributed by atoms with van der Waals surface area (Å²) in [6.07, 6.45) is 6.53. The molecule has 3 unspecified atom stereocenters. The number of fused-ring (bicyclic) bond motifs is 1. The lowest BCUT2D eigenvalue weighted by atomic mass is 10.0. The zero-order valence-corrected chi connectivity index (χ0v) is 12.4. The molecule has 0 bridgehead atoms. The van der Waals surface area contributed by atoms with E-state index in [0.717, 1.165) is 51.1 Å². The van der Waals surface area contributed by atoms with Crippen molar-refractivity contribution < 1.29 is 4.79 Å². The fraction of sp³-hybridized carbons (Fsp3) is 0.938. The van der Waals surface area contributed by atoms with Gasteiger partial charge in [0.2, 0.25) is 5.91 Å². The molecule has 0 aromatic rings. The molecule has 4 rings (SSSR count). The first kappa shape index (κ1) is 13.1. The second kappa shape index (κ2) is 5.30. The van der Waals surface area contributed by atoms with E-state index in [4.69, 9.17) is 0 Å². The van der Waals surface area contributed by atoms with E-state index in [1.165, 1.54) is 32.1 Å². The van der Waals surface area contributed by atoms with Crippen molar-refractivity contribution in [3.63, 3.8) is 0 Å². The fourth-order valence-electron chi connectivity index (χ4n) is 4.86. The molecule has 2 aliphatic heterocycles. The minimum Gasteiger partial charge on any atom is -0.341 e. The van der Waals surface area contributed by atoms with E-state index in [1.807, 2.05) is 0 Å². The molecule has 20 heavy (non-hydrogen) atoms. The molecule has 2 saturated carbocycles. The van der Waals surface area contributed by atoms with Gasteiger partial charge in [-0.2, -0.15) is 0 Å². The summed E-state index contributed by atoms with van der Waals surface area (Å²) in [5, 5.41) is 3.41. The zero-order chi connectivity index (χ0) is 13.5. The fourth-order valence-corrected chi connectivity index (χ4v) is 4.86. The second-order valence-corrected chi connectivity index (χ2v) is 7.15. The molecule has 4 nitrogen and oxygen atoms in total. The number of hydrogen-bond acceptors (Lipinski definition) is 3. The monoisotopic (exact) mass is 277 g/mol. The van der Waals surface area contributed by atoms with Crippen molar-refractivity contribution in [3.8, 4) is 0 Å². The van der Waals surface area contributed by atoms with Crippen LogP contribution in [0.5, 0.6) is 0 Å². The largest absolute Gasteiger partial charge is 0.341 e. The Morgan fingerprint density at radius 1 is 0.950 bits per heavy atom. The molecule has 2 saturated heterocycles. The van der Waals surface area contributed by atoms with Gasteiger partial charge in [-0.1, -0.05) is 12.8 Å². The van der Waals surface area contributed by atoms with Gasteiger partial charge in [0.1, 0.15) is 0 Å². The van der Waals surface area contributed by atoms with Gasteiger partial charge in [-0.3, -0.25) is 9.69 Å². The molecule has 4 fully saturated rings. The lowest BCUT2D eigenvalue weighted by Gasteiger charge is -2.32. The summed E-state index contributed by atoms with van der Waals surface area (Å²) in [4.78, 5) is 17.5. The van der Waals surface area contributed by atoms with Crippen LogP contribution < -0.4 is 5.32 Å². The Labute approximate surface area is 121 Å². The van der Waals surface area contributed by atoms with Crippen LogP contribution >= 0.6 is 0 Å². The van der Waals surface area contributed by atoms with Gasteiger partial charge in [0, 0.05) is 51.2 Å². The maximum Gasteiger partial charge on any atom is 0.226 e. The van der Waals surface area contributed by atoms with Gasteiger partial charge in [0.05, 0.1) is 0 Å². The zero-order valence-electron chi connectivity index (χ0n) is 12.4. The molecule has 2 aliphatic carbocycles. The smallest absolute Gasteiger partial charge is 0.226 e. The first-order valence-electron chi connectivity index (χ1n) is 8.58. The van der Waals surface area contributed by atoms with Crippen LogP contribution in [0.15, 0.2) is 0 Å². The highest BCUT2D eigenvalue weighted by Gasteiger charge is 2.56. The van der Waals surface area contributed by atoms with Crippen molar-refractivity contribution in [3.05, 3.63) is 0 Å². The van der Waals surface area contributed by atoms with Crippen LogP contribution in [0.1, 0.15) is 32.1 Å². The van der Waals surface area contributed by atoms with Crippen LogP contribution in [-0.2, 0) is 4.79 Å². The van der Waals surface area contributed by atoms with Gasteiger partial charge >= 0.3 is 0 Å². The van der Waals surface area contributed by atoms with E-state index in [9.17, 15) is 4.79 Å². The van der Waals surface area contributed by atoms with Crippen LogP contribution in [0.3, 0.4) is 0 Å². The summed E-state index contributed by atoms with van der Waals surface area (Å²) >= 11 is 0. The third-order valence-electron chi connectivity index (χ3n) is 6.08. The Morgan fingerprint density at radius 3 is 2.35 bits per heavy atom. The molecule has 112 valence electrons. The number of nitrogens with one attached hydrogen (secondary N) is 1. The number of hydrogen-bond donors (Lipinski definition) is 1. The molecule has 3 atom stereocenters. The van der Waals surface area contributed by atoms with Gasteiger partial charge in [0.15, 0.2) is 0 Å². The quantitative estimate of drug-likeness (QED) is 0.815. The Kier molecular flexibility index (Phi) is 3.47. The van der Waals surface area contributed by atoms with Crippen molar-refractivity contribution in [2.45, 2.75) is 38.1 Å². The highest BCUT2D eigenvalue weighted by atomic mass is 16.2. The van der Waals surface area contributed by atoms with E-state index >= 15 is 0 Å². The van der Waals surface area contributed by atoms with Gasteiger partial charge in [0.25, 0.3) is 0 Å². The SMILES string of the molecule is O=C(C1C2CCCCC21)N1CCC(N2CCNCC2)C1. The third-order valence-corrected chi connectivity index (χ3v) is 6.08. The molecule has 4 heteroatoms. The van der Waals surface area contributed by atoms with Crippen LogP contribution in [0.4, 0.5) is 0 Å². The van der Waals surface area contributed by atoms with Crippen LogP contribution in [0.2, 0.25) is 0 Å². The molecule has 0 aromatic carbocycles. The minimum absolute atomic E-state index is 0.416. The minimum atomic E-state index is 0.416. The van der Waals surface area contributed by atoms with E-state index in [0.29, 0.717) is 17.9 Å². The van der Waals surface area contributed by atoms with Gasteiger partial charge in [-0.05, 0) is 31.1 Å². The molecular formula is C16H27N3O. The summed E-state index contributed by atoms with van der Waals surface area (Å²) < 4.78 is 0. The molecule has 1 amide bonds. The predicted octanol–water partition coefficient (Wildman–Crippen LogP) is 0.929. The van der Waals surface area contributed by atoms with Gasteiger partial charge < -0.3 is 10.2 Å². The van der Waals surface area contributed by atoms with Crippen molar-refractivity contribution in [1.29, 1.82) is 0 Å². The summed E-state index contributed by atoms with van der Waals surface area (Å²) in [5.74, 6) is 2.43. The lowest BCUT2D eigenvalue weighted by Crippen LogP contribution is -2.49. The Morgan fingerprint density at radius 2 is 1.65 bits per heavy atom. The van der Waals surface area contributed by atoms with Crippen LogP contribution in [0, 0.1) is 17.8 Å². The average Bonchev–Trinajstić information content (AvgIpc) is 3.02. The summed E-state index contributed by atoms with van der Waals surface area (Å²) in [5.41, 5.74) is 0. The number of piperazine rings is 1. The highest BCUT2D eigenvalue weighted by molar-refractivity contribution is 5.82. The topological polar surface area (TPSA) is 35.6 Å². The second-order valence-electron chi connectivity index (χ2n) is 7.15. The van der Waals surface area contributed by atoms with Crippen molar-refractivity contribution in [2.75, 3.05) is 39.3 Å². The van der Waals surface area contributed by atoms with Crippen molar-refractivity contribution in [1.82, 2.24) is 15.1 Å². The molecule has 4 aliphatic rings. The van der Waals surface area contributed by atoms with E-state index in [2.05, 4.69) is 15.1 Å². The normalized spacial score (nSPS) is 41.5. The summed E-state index contributed by atoms with van der Waals surface area (Å²) in [6.45, 7) is 6.52. The number of nitrogens with zero attached hydrogens (tertiary/aromatic N) is 2. The highest BCUT2D eigenvalue weighted by Crippen LogP contribution is 2.56. The molecule has 0 spiro atoms. The Balaban J connectivity index is 1.33. The van der Waals surface area contributed by atoms with Gasteiger partial charge in [-0.15, -0.1) is 0 Å². The molecule has 1 N–H and O–H groups in total. The summed E-state index contributed by atoms with van der Waals surface area (Å²) in [6, 6.07) is 0.627. The number of likely N-dealkylation sites (tertiary alicyclic amines) is 1. The maximum absolute atomic E-state index is 12.7. The summed E-state index contributed by atoms with van der Waals surface area (Å²) in [7, 11) is 0. The van der Waals surface area contributed by atoms with E-state index < -0.39 is 0 Å².